The first kappa shape index (κ1) is 25.6. The molecule has 2 saturated heterocycles. The van der Waals surface area contributed by atoms with Gasteiger partial charge in [-0.05, 0) is 65.9 Å². The van der Waals surface area contributed by atoms with E-state index in [0.29, 0.717) is 23.6 Å². The molecule has 4 aromatic carbocycles. The van der Waals surface area contributed by atoms with Crippen LogP contribution in [0.1, 0.15) is 28.8 Å². The number of benzene rings is 4. The Balaban J connectivity index is 1.08. The predicted octanol–water partition coefficient (Wildman–Crippen LogP) is 5.12. The van der Waals surface area contributed by atoms with Crippen LogP contribution in [-0.4, -0.2) is 42.0 Å². The SMILES string of the molecule is Nc1ccc(-c2ccccc2)cc1NC(=O)c1ccc(CN2CCC3(CC2)C(=O)NCN3c2ccccc2)cc1. The molecule has 2 heterocycles. The number of carbonyl (C=O) groups is 2. The topological polar surface area (TPSA) is 90.7 Å². The third-order valence-electron chi connectivity index (χ3n) is 8.12. The van der Waals surface area contributed by atoms with Crippen molar-refractivity contribution in [2.75, 3.05) is 35.7 Å². The third-order valence-corrected chi connectivity index (χ3v) is 8.12. The molecule has 0 bridgehead atoms. The number of para-hydroxylation sites is 1. The number of nitrogens with two attached hydrogens (primary N) is 1. The monoisotopic (exact) mass is 531 g/mol. The van der Waals surface area contributed by atoms with E-state index in [1.807, 2.05) is 91.0 Å². The molecule has 2 aliphatic heterocycles. The van der Waals surface area contributed by atoms with Crippen LogP contribution >= 0.6 is 0 Å². The van der Waals surface area contributed by atoms with Gasteiger partial charge in [-0.25, -0.2) is 0 Å². The number of hydrogen-bond donors (Lipinski definition) is 3. The number of carbonyl (C=O) groups excluding carboxylic acids is 2. The smallest absolute Gasteiger partial charge is 0.255 e. The number of piperidine rings is 1. The van der Waals surface area contributed by atoms with Gasteiger partial charge in [0, 0.05) is 30.9 Å². The van der Waals surface area contributed by atoms with Crippen LogP contribution in [0.4, 0.5) is 17.1 Å². The van der Waals surface area contributed by atoms with E-state index in [2.05, 4.69) is 32.6 Å². The van der Waals surface area contributed by atoms with Crippen molar-refractivity contribution in [3.05, 3.63) is 114 Å². The molecule has 202 valence electrons. The number of anilines is 3. The Morgan fingerprint density at radius 2 is 1.52 bits per heavy atom. The molecule has 4 N–H and O–H groups in total. The van der Waals surface area contributed by atoms with Crippen molar-refractivity contribution >= 4 is 28.9 Å². The summed E-state index contributed by atoms with van der Waals surface area (Å²) in [7, 11) is 0. The van der Waals surface area contributed by atoms with Crippen LogP contribution in [0, 0.1) is 0 Å². The number of hydrogen-bond acceptors (Lipinski definition) is 5. The van der Waals surface area contributed by atoms with E-state index in [-0.39, 0.29) is 11.8 Å². The molecule has 1 spiro atoms. The Bertz CT molecular complexity index is 1500. The summed E-state index contributed by atoms with van der Waals surface area (Å²) in [6, 6.07) is 33.6. The zero-order valence-electron chi connectivity index (χ0n) is 22.3. The number of nitrogens with one attached hydrogen (secondary N) is 2. The standard InChI is InChI=1S/C33H33N5O2/c34-29-16-15-27(25-7-3-1-4-8-25)21-30(29)36-31(39)26-13-11-24(12-14-26)22-37-19-17-33(18-20-37)32(40)35-23-38(33)28-9-5-2-6-10-28/h1-16,21H,17-20,22-23,34H2,(H,35,40)(H,36,39). The van der Waals surface area contributed by atoms with Crippen molar-refractivity contribution < 1.29 is 9.59 Å². The number of likely N-dealkylation sites (tertiary alicyclic amines) is 1. The van der Waals surface area contributed by atoms with Gasteiger partial charge in [-0.2, -0.15) is 0 Å². The summed E-state index contributed by atoms with van der Waals surface area (Å²) >= 11 is 0. The molecule has 0 radical (unpaired) electrons. The van der Waals surface area contributed by atoms with Gasteiger partial charge in [0.2, 0.25) is 5.91 Å². The highest BCUT2D eigenvalue weighted by atomic mass is 16.2. The molecular weight excluding hydrogens is 498 g/mol. The van der Waals surface area contributed by atoms with Crippen molar-refractivity contribution in [2.45, 2.75) is 24.9 Å². The van der Waals surface area contributed by atoms with E-state index >= 15 is 0 Å². The normalized spacial score (nSPS) is 16.6. The van der Waals surface area contributed by atoms with E-state index in [4.69, 9.17) is 5.73 Å². The molecule has 2 amide bonds. The Kier molecular flexibility index (Phi) is 6.97. The molecule has 0 unspecified atom stereocenters. The summed E-state index contributed by atoms with van der Waals surface area (Å²) < 4.78 is 0. The van der Waals surface area contributed by atoms with Gasteiger partial charge in [0.15, 0.2) is 0 Å². The quantitative estimate of drug-likeness (QED) is 0.301. The van der Waals surface area contributed by atoms with Crippen LogP contribution in [-0.2, 0) is 11.3 Å². The highest BCUT2D eigenvalue weighted by Crippen LogP contribution is 2.36. The van der Waals surface area contributed by atoms with Gasteiger partial charge >= 0.3 is 0 Å². The maximum absolute atomic E-state index is 13.0. The Morgan fingerprint density at radius 1 is 0.850 bits per heavy atom. The number of nitrogen functional groups attached to an aromatic ring is 1. The second-order valence-corrected chi connectivity index (χ2v) is 10.6. The van der Waals surface area contributed by atoms with Crippen LogP contribution < -0.4 is 21.3 Å². The Hall–Kier alpha value is -4.62. The zero-order chi connectivity index (χ0) is 27.5. The Labute approximate surface area is 234 Å². The predicted molar refractivity (Wildman–Crippen MR) is 160 cm³/mol. The van der Waals surface area contributed by atoms with Gasteiger partial charge in [-0.3, -0.25) is 14.5 Å². The average Bonchev–Trinajstić information content (AvgIpc) is 3.31. The molecule has 40 heavy (non-hydrogen) atoms. The van der Waals surface area contributed by atoms with Crippen molar-refractivity contribution in [1.29, 1.82) is 0 Å². The van der Waals surface area contributed by atoms with E-state index in [0.717, 1.165) is 54.9 Å². The molecule has 6 rings (SSSR count). The first-order valence-electron chi connectivity index (χ1n) is 13.7. The fraction of sp³-hybridized carbons (Fsp3) is 0.212. The zero-order valence-corrected chi connectivity index (χ0v) is 22.3. The summed E-state index contributed by atoms with van der Waals surface area (Å²) in [6.07, 6.45) is 1.55. The minimum atomic E-state index is -0.487. The minimum absolute atomic E-state index is 0.126. The Morgan fingerprint density at radius 3 is 2.23 bits per heavy atom. The van der Waals surface area contributed by atoms with Crippen molar-refractivity contribution in [3.63, 3.8) is 0 Å². The van der Waals surface area contributed by atoms with Crippen molar-refractivity contribution in [1.82, 2.24) is 10.2 Å². The van der Waals surface area contributed by atoms with Gasteiger partial charge in [0.25, 0.3) is 5.91 Å². The number of nitrogens with zero attached hydrogens (tertiary/aromatic N) is 2. The molecule has 0 aromatic heterocycles. The van der Waals surface area contributed by atoms with Crippen LogP contribution in [0.2, 0.25) is 0 Å². The van der Waals surface area contributed by atoms with Gasteiger partial charge in [-0.1, -0.05) is 66.7 Å². The first-order chi connectivity index (χ1) is 19.5. The molecule has 0 saturated carbocycles. The van der Waals surface area contributed by atoms with E-state index in [9.17, 15) is 9.59 Å². The third kappa shape index (κ3) is 5.03. The highest BCUT2D eigenvalue weighted by Gasteiger charge is 2.50. The van der Waals surface area contributed by atoms with E-state index in [1.54, 1.807) is 0 Å². The minimum Gasteiger partial charge on any atom is -0.397 e. The van der Waals surface area contributed by atoms with Gasteiger partial charge in [-0.15, -0.1) is 0 Å². The lowest BCUT2D eigenvalue weighted by atomic mass is 9.85. The molecule has 2 aliphatic rings. The fourth-order valence-corrected chi connectivity index (χ4v) is 5.80. The summed E-state index contributed by atoms with van der Waals surface area (Å²) in [5.41, 5.74) is 11.6. The van der Waals surface area contributed by atoms with Crippen LogP contribution in [0.3, 0.4) is 0 Å². The lowest BCUT2D eigenvalue weighted by molar-refractivity contribution is -0.125. The number of amides is 2. The second kappa shape index (κ2) is 10.9. The number of rotatable bonds is 6. The van der Waals surface area contributed by atoms with E-state index < -0.39 is 5.54 Å². The van der Waals surface area contributed by atoms with Crippen LogP contribution in [0.25, 0.3) is 11.1 Å². The fourth-order valence-electron chi connectivity index (χ4n) is 5.80. The first-order valence-corrected chi connectivity index (χ1v) is 13.7. The molecule has 7 heteroatoms. The molecule has 0 atom stereocenters. The summed E-state index contributed by atoms with van der Waals surface area (Å²) in [5.74, 6) is -0.0714. The summed E-state index contributed by atoms with van der Waals surface area (Å²) in [5, 5.41) is 6.03. The lowest BCUT2D eigenvalue weighted by Gasteiger charge is -2.43. The summed E-state index contributed by atoms with van der Waals surface area (Å²) in [6.45, 7) is 2.98. The maximum Gasteiger partial charge on any atom is 0.255 e. The lowest BCUT2D eigenvalue weighted by Crippen LogP contribution is -2.56. The van der Waals surface area contributed by atoms with Gasteiger partial charge < -0.3 is 21.3 Å². The largest absolute Gasteiger partial charge is 0.397 e. The van der Waals surface area contributed by atoms with Crippen molar-refractivity contribution in [3.8, 4) is 11.1 Å². The van der Waals surface area contributed by atoms with Gasteiger partial charge in [0.05, 0.1) is 18.0 Å². The molecular formula is C33H33N5O2. The summed E-state index contributed by atoms with van der Waals surface area (Å²) in [4.78, 5) is 30.5. The second-order valence-electron chi connectivity index (χ2n) is 10.6. The molecule has 2 fully saturated rings. The molecule has 4 aromatic rings. The van der Waals surface area contributed by atoms with Crippen LogP contribution in [0.15, 0.2) is 103 Å². The van der Waals surface area contributed by atoms with E-state index in [1.165, 1.54) is 0 Å². The highest BCUT2D eigenvalue weighted by molar-refractivity contribution is 6.06. The van der Waals surface area contributed by atoms with Crippen molar-refractivity contribution in [2.24, 2.45) is 0 Å². The van der Waals surface area contributed by atoms with Gasteiger partial charge in [0.1, 0.15) is 5.54 Å². The van der Waals surface area contributed by atoms with Crippen LogP contribution in [0.5, 0.6) is 0 Å². The average molecular weight is 532 g/mol. The maximum atomic E-state index is 13.0. The molecule has 7 nitrogen and oxygen atoms in total. The molecule has 0 aliphatic carbocycles.